The predicted molar refractivity (Wildman–Crippen MR) is 130 cm³/mol. The maximum absolute atomic E-state index is 12.9. The van der Waals surface area contributed by atoms with Crippen molar-refractivity contribution in [2.24, 2.45) is 0 Å². The summed E-state index contributed by atoms with van der Waals surface area (Å²) < 4.78 is 44.0. The summed E-state index contributed by atoms with van der Waals surface area (Å²) in [4.78, 5) is 24.6. The van der Waals surface area contributed by atoms with Gasteiger partial charge >= 0.3 is 6.18 Å². The molecule has 184 valence electrons. The summed E-state index contributed by atoms with van der Waals surface area (Å²) in [6.07, 6.45) is -1.34. The smallest absolute Gasteiger partial charge is 0.416 e. The van der Waals surface area contributed by atoms with Crippen LogP contribution in [0.15, 0.2) is 66.7 Å². The zero-order valence-corrected chi connectivity index (χ0v) is 19.7. The summed E-state index contributed by atoms with van der Waals surface area (Å²) in [5, 5.41) is 5.10. The second kappa shape index (κ2) is 11.8. The van der Waals surface area contributed by atoms with Crippen molar-refractivity contribution in [2.45, 2.75) is 32.4 Å². The number of alkyl halides is 3. The summed E-state index contributed by atoms with van der Waals surface area (Å²) in [5.74, 6) is -0.669. The summed E-state index contributed by atoms with van der Waals surface area (Å²) in [5.41, 5.74) is 1.19. The molecule has 0 aromatic heterocycles. The Bertz CT molecular complexity index is 1160. The highest BCUT2D eigenvalue weighted by Gasteiger charge is 2.31. The first-order valence-corrected chi connectivity index (χ1v) is 11.3. The van der Waals surface area contributed by atoms with Gasteiger partial charge in [0.1, 0.15) is 5.75 Å². The summed E-state index contributed by atoms with van der Waals surface area (Å²) in [7, 11) is 0. The Labute approximate surface area is 206 Å². The van der Waals surface area contributed by atoms with Gasteiger partial charge in [0.25, 0.3) is 11.8 Å². The van der Waals surface area contributed by atoms with E-state index >= 15 is 0 Å². The molecule has 0 spiro atoms. The standard InChI is InChI=1S/C26H24ClF3N2O3/c1-2-3-4-17-5-10-20(11-6-17)31-25(34)18-7-12-21(13-8-18)35-16-24(33)32-23-15-19(26(28,29)30)9-14-22(23)27/h5-15H,2-4,16H2,1H3,(H,31,34)(H,32,33). The van der Waals surface area contributed by atoms with E-state index in [9.17, 15) is 22.8 Å². The molecular weight excluding hydrogens is 481 g/mol. The van der Waals surface area contributed by atoms with Crippen LogP contribution in [-0.4, -0.2) is 18.4 Å². The fraction of sp³-hybridized carbons (Fsp3) is 0.231. The maximum Gasteiger partial charge on any atom is 0.416 e. The van der Waals surface area contributed by atoms with E-state index in [0.717, 1.165) is 37.5 Å². The molecule has 3 aromatic rings. The molecule has 0 unspecified atom stereocenters. The van der Waals surface area contributed by atoms with Crippen LogP contribution in [0, 0.1) is 0 Å². The Morgan fingerprint density at radius 3 is 2.26 bits per heavy atom. The molecule has 0 atom stereocenters. The van der Waals surface area contributed by atoms with Crippen LogP contribution in [0.1, 0.15) is 41.3 Å². The molecule has 0 aliphatic carbocycles. The molecule has 2 N–H and O–H groups in total. The average molecular weight is 505 g/mol. The lowest BCUT2D eigenvalue weighted by atomic mass is 10.1. The van der Waals surface area contributed by atoms with Gasteiger partial charge in [-0.2, -0.15) is 13.2 Å². The second-order valence-corrected chi connectivity index (χ2v) is 8.22. The normalized spacial score (nSPS) is 11.1. The van der Waals surface area contributed by atoms with E-state index in [1.807, 2.05) is 24.3 Å². The second-order valence-electron chi connectivity index (χ2n) is 7.81. The number of benzene rings is 3. The largest absolute Gasteiger partial charge is 0.484 e. The van der Waals surface area contributed by atoms with Crippen LogP contribution in [-0.2, 0) is 17.4 Å². The van der Waals surface area contributed by atoms with Gasteiger partial charge in [0.2, 0.25) is 0 Å². The molecule has 0 fully saturated rings. The zero-order chi connectivity index (χ0) is 25.4. The van der Waals surface area contributed by atoms with Crippen LogP contribution in [0.4, 0.5) is 24.5 Å². The number of hydrogen-bond acceptors (Lipinski definition) is 3. The minimum atomic E-state index is -4.56. The van der Waals surface area contributed by atoms with E-state index in [0.29, 0.717) is 17.0 Å². The van der Waals surface area contributed by atoms with Crippen molar-refractivity contribution in [3.63, 3.8) is 0 Å². The lowest BCUT2D eigenvalue weighted by Gasteiger charge is -2.12. The number of anilines is 2. The summed E-state index contributed by atoms with van der Waals surface area (Å²) in [6.45, 7) is 1.68. The van der Waals surface area contributed by atoms with E-state index in [2.05, 4.69) is 17.6 Å². The molecule has 0 heterocycles. The third-order valence-corrected chi connectivity index (χ3v) is 5.41. The van der Waals surface area contributed by atoms with Crippen LogP contribution < -0.4 is 15.4 Å². The molecule has 0 aliphatic rings. The molecule has 2 amide bonds. The predicted octanol–water partition coefficient (Wildman–Crippen LogP) is 6.97. The van der Waals surface area contributed by atoms with Gasteiger partial charge in [-0.3, -0.25) is 9.59 Å². The zero-order valence-electron chi connectivity index (χ0n) is 18.9. The molecule has 0 radical (unpaired) electrons. The Balaban J connectivity index is 1.52. The summed E-state index contributed by atoms with van der Waals surface area (Å²) >= 11 is 5.88. The van der Waals surface area contributed by atoms with Gasteiger partial charge in [-0.1, -0.05) is 37.1 Å². The number of rotatable bonds is 9. The fourth-order valence-electron chi connectivity index (χ4n) is 3.17. The van der Waals surface area contributed by atoms with Gasteiger partial charge in [-0.15, -0.1) is 0 Å². The van der Waals surface area contributed by atoms with E-state index in [1.54, 1.807) is 12.1 Å². The van der Waals surface area contributed by atoms with E-state index in [4.69, 9.17) is 16.3 Å². The lowest BCUT2D eigenvalue weighted by molar-refractivity contribution is -0.137. The topological polar surface area (TPSA) is 67.4 Å². The van der Waals surface area contributed by atoms with Crippen LogP contribution in [0.5, 0.6) is 5.75 Å². The van der Waals surface area contributed by atoms with Crippen molar-refractivity contribution >= 4 is 34.8 Å². The maximum atomic E-state index is 12.9. The average Bonchev–Trinajstić information content (AvgIpc) is 2.83. The minimum absolute atomic E-state index is 0.0303. The van der Waals surface area contributed by atoms with Crippen molar-refractivity contribution in [2.75, 3.05) is 17.2 Å². The molecule has 0 aliphatic heterocycles. The Morgan fingerprint density at radius 2 is 1.63 bits per heavy atom. The summed E-state index contributed by atoms with van der Waals surface area (Å²) in [6, 6.07) is 16.5. The fourth-order valence-corrected chi connectivity index (χ4v) is 3.34. The molecular formula is C26H24ClF3N2O3. The highest BCUT2D eigenvalue weighted by atomic mass is 35.5. The molecule has 9 heteroatoms. The van der Waals surface area contributed by atoms with Crippen molar-refractivity contribution in [1.82, 2.24) is 0 Å². The number of ether oxygens (including phenoxy) is 1. The molecule has 3 rings (SSSR count). The first-order valence-electron chi connectivity index (χ1n) is 11.0. The third-order valence-electron chi connectivity index (χ3n) is 5.09. The van der Waals surface area contributed by atoms with E-state index < -0.39 is 24.3 Å². The van der Waals surface area contributed by atoms with Crippen LogP contribution >= 0.6 is 11.6 Å². The molecule has 0 saturated carbocycles. The van der Waals surface area contributed by atoms with Crippen molar-refractivity contribution < 1.29 is 27.5 Å². The highest BCUT2D eigenvalue weighted by Crippen LogP contribution is 2.33. The first-order chi connectivity index (χ1) is 16.7. The molecule has 3 aromatic carbocycles. The number of amides is 2. The number of hydrogen-bond donors (Lipinski definition) is 2. The lowest BCUT2D eigenvalue weighted by Crippen LogP contribution is -2.21. The van der Waals surface area contributed by atoms with Crippen molar-refractivity contribution in [3.05, 3.63) is 88.4 Å². The number of unbranched alkanes of at least 4 members (excludes halogenated alkanes) is 1. The number of carbonyl (C=O) groups is 2. The van der Waals surface area contributed by atoms with Gasteiger partial charge in [0.05, 0.1) is 16.3 Å². The third kappa shape index (κ3) is 7.75. The van der Waals surface area contributed by atoms with Gasteiger partial charge in [-0.05, 0) is 73.0 Å². The van der Waals surface area contributed by atoms with E-state index in [1.165, 1.54) is 17.7 Å². The van der Waals surface area contributed by atoms with Crippen LogP contribution in [0.2, 0.25) is 5.02 Å². The van der Waals surface area contributed by atoms with Crippen LogP contribution in [0.3, 0.4) is 0 Å². The number of carbonyl (C=O) groups excluding carboxylic acids is 2. The number of nitrogens with one attached hydrogen (secondary N) is 2. The SMILES string of the molecule is CCCCc1ccc(NC(=O)c2ccc(OCC(=O)Nc3cc(C(F)(F)F)ccc3Cl)cc2)cc1. The van der Waals surface area contributed by atoms with Gasteiger partial charge in [-0.25, -0.2) is 0 Å². The highest BCUT2D eigenvalue weighted by molar-refractivity contribution is 6.33. The number of halogens is 4. The Kier molecular flexibility index (Phi) is 8.76. The van der Waals surface area contributed by atoms with Crippen molar-refractivity contribution in [3.8, 4) is 5.75 Å². The quantitative estimate of drug-likeness (QED) is 0.330. The van der Waals surface area contributed by atoms with E-state index in [-0.39, 0.29) is 16.6 Å². The molecule has 0 saturated heterocycles. The van der Waals surface area contributed by atoms with Gasteiger partial charge in [0, 0.05) is 11.3 Å². The van der Waals surface area contributed by atoms with Gasteiger partial charge in [0.15, 0.2) is 6.61 Å². The Morgan fingerprint density at radius 1 is 0.943 bits per heavy atom. The molecule has 5 nitrogen and oxygen atoms in total. The molecule has 35 heavy (non-hydrogen) atoms. The minimum Gasteiger partial charge on any atom is -0.484 e. The monoisotopic (exact) mass is 504 g/mol. The number of aryl methyl sites for hydroxylation is 1. The van der Waals surface area contributed by atoms with Crippen molar-refractivity contribution in [1.29, 1.82) is 0 Å². The van der Waals surface area contributed by atoms with Gasteiger partial charge < -0.3 is 15.4 Å². The van der Waals surface area contributed by atoms with Crippen LogP contribution in [0.25, 0.3) is 0 Å². The molecule has 0 bridgehead atoms. The Hall–Kier alpha value is -3.52. The first kappa shape index (κ1) is 26.1.